The zero-order chi connectivity index (χ0) is 8.43. The van der Waals surface area contributed by atoms with Crippen molar-refractivity contribution in [2.24, 2.45) is 0 Å². The van der Waals surface area contributed by atoms with Gasteiger partial charge in [0.2, 0.25) is 0 Å². The van der Waals surface area contributed by atoms with Crippen molar-refractivity contribution in [1.82, 2.24) is 9.97 Å². The number of carboxylic acids is 1. The maximum Gasteiger partial charge on any atom is 0.352 e. The minimum atomic E-state index is -1.34. The molecule has 0 unspecified atom stereocenters. The van der Waals surface area contributed by atoms with Gasteiger partial charge in [-0.25, -0.2) is 9.59 Å². The summed E-state index contributed by atoms with van der Waals surface area (Å²) in [7, 11) is 0. The van der Waals surface area contributed by atoms with Crippen molar-refractivity contribution >= 4 is 57.4 Å². The van der Waals surface area contributed by atoms with Crippen molar-refractivity contribution in [2.75, 3.05) is 0 Å². The fourth-order valence-corrected chi connectivity index (χ4v) is 0.584. The van der Waals surface area contributed by atoms with Crippen LogP contribution in [0.4, 0.5) is 0 Å². The summed E-state index contributed by atoms with van der Waals surface area (Å²) in [5.74, 6) is -1.34. The van der Waals surface area contributed by atoms with Crippen molar-refractivity contribution in [3.05, 3.63) is 32.6 Å². The summed E-state index contributed by atoms with van der Waals surface area (Å²) in [6.07, 6.45) is 0. The van der Waals surface area contributed by atoms with Gasteiger partial charge in [0.25, 0.3) is 5.56 Å². The maximum atomic E-state index is 10.5. The Labute approximate surface area is 108 Å². The molecule has 0 aromatic carbocycles. The van der Waals surface area contributed by atoms with Gasteiger partial charge >= 0.3 is 11.7 Å². The molecule has 0 saturated carbocycles. The largest absolute Gasteiger partial charge is 0.477 e. The summed E-state index contributed by atoms with van der Waals surface area (Å²) in [6, 6.07) is 0.795. The molecule has 0 saturated heterocycles. The number of H-pyrrole nitrogens is 2. The number of carboxylic acid groups (broad SMARTS) is 1. The monoisotopic (exact) mass is 195 g/mol. The minimum absolute atomic E-state index is 0. The van der Waals surface area contributed by atoms with Crippen LogP contribution in [0.3, 0.4) is 0 Å². The van der Waals surface area contributed by atoms with Crippen molar-refractivity contribution < 1.29 is 9.90 Å². The molecule has 1 rings (SSSR count). The molecular formula is C5H4KN2O4. The van der Waals surface area contributed by atoms with E-state index in [1.165, 1.54) is 0 Å². The normalized spacial score (nSPS) is 8.67. The van der Waals surface area contributed by atoms with Gasteiger partial charge in [0.15, 0.2) is 0 Å². The summed E-state index contributed by atoms with van der Waals surface area (Å²) in [6.45, 7) is 0. The average molecular weight is 195 g/mol. The van der Waals surface area contributed by atoms with Crippen LogP contribution in [0, 0.1) is 0 Å². The van der Waals surface area contributed by atoms with Crippen LogP contribution in [-0.4, -0.2) is 72.4 Å². The second-order valence-electron chi connectivity index (χ2n) is 1.81. The third-order valence-corrected chi connectivity index (χ3v) is 0.991. The summed E-state index contributed by atoms with van der Waals surface area (Å²) in [5, 5.41) is 8.31. The van der Waals surface area contributed by atoms with Gasteiger partial charge in [-0.05, 0) is 0 Å². The number of carbonyl (C=O) groups is 1. The number of aromatic amines is 2. The van der Waals surface area contributed by atoms with Crippen LogP contribution in [0.1, 0.15) is 10.5 Å². The third kappa shape index (κ3) is 3.03. The molecule has 12 heavy (non-hydrogen) atoms. The molecule has 6 nitrogen and oxygen atoms in total. The first-order valence-electron chi connectivity index (χ1n) is 2.66. The Morgan fingerprint density at radius 1 is 1.33 bits per heavy atom. The first-order chi connectivity index (χ1) is 5.09. The predicted molar refractivity (Wildman–Crippen MR) is 40.4 cm³/mol. The quantitative estimate of drug-likeness (QED) is 0.468. The summed E-state index contributed by atoms with van der Waals surface area (Å²) < 4.78 is 0. The van der Waals surface area contributed by atoms with E-state index in [2.05, 4.69) is 0 Å². The molecule has 0 bridgehead atoms. The maximum absolute atomic E-state index is 10.5. The fourth-order valence-electron chi connectivity index (χ4n) is 0.584. The standard InChI is InChI=1S/C5H4N2O4.K/c8-3-1-2(4(9)10)6-5(11)7-3;/h1H,(H,9,10)(H2,6,7,8,11);. The first-order valence-corrected chi connectivity index (χ1v) is 2.66. The molecule has 0 aliphatic rings. The second-order valence-corrected chi connectivity index (χ2v) is 1.81. The van der Waals surface area contributed by atoms with Gasteiger partial charge < -0.3 is 10.1 Å². The molecule has 0 atom stereocenters. The molecule has 3 N–H and O–H groups in total. The Morgan fingerprint density at radius 2 is 1.92 bits per heavy atom. The molecule has 0 amide bonds. The predicted octanol–water partition coefficient (Wildman–Crippen LogP) is -1.62. The van der Waals surface area contributed by atoms with Crippen molar-refractivity contribution in [3.63, 3.8) is 0 Å². The molecule has 7 heteroatoms. The Bertz CT molecular complexity index is 365. The van der Waals surface area contributed by atoms with Crippen molar-refractivity contribution in [3.8, 4) is 0 Å². The molecule has 0 aliphatic carbocycles. The van der Waals surface area contributed by atoms with Gasteiger partial charge in [0.1, 0.15) is 5.69 Å². The van der Waals surface area contributed by atoms with Crippen LogP contribution >= 0.6 is 0 Å². The number of aromatic carboxylic acids is 1. The SMILES string of the molecule is O=C(O)c1cc(=O)[nH]c(=O)[nH]1.[K]. The minimum Gasteiger partial charge on any atom is -0.477 e. The Kier molecular flexibility index (Phi) is 4.64. The zero-order valence-electron chi connectivity index (χ0n) is 6.25. The van der Waals surface area contributed by atoms with Crippen LogP contribution in [-0.2, 0) is 0 Å². The smallest absolute Gasteiger partial charge is 0.352 e. The number of rotatable bonds is 1. The van der Waals surface area contributed by atoms with E-state index in [-0.39, 0.29) is 51.4 Å². The van der Waals surface area contributed by atoms with Crippen LogP contribution in [0.5, 0.6) is 0 Å². The molecule has 1 aromatic heterocycles. The van der Waals surface area contributed by atoms with E-state index in [9.17, 15) is 14.4 Å². The van der Waals surface area contributed by atoms with Crippen LogP contribution in [0.2, 0.25) is 0 Å². The van der Waals surface area contributed by atoms with Gasteiger partial charge in [0.05, 0.1) is 0 Å². The molecule has 59 valence electrons. The molecule has 1 heterocycles. The Balaban J connectivity index is 0.00000121. The van der Waals surface area contributed by atoms with Gasteiger partial charge in [-0.3, -0.25) is 9.78 Å². The Morgan fingerprint density at radius 3 is 2.33 bits per heavy atom. The molecule has 0 fully saturated rings. The summed E-state index contributed by atoms with van der Waals surface area (Å²) in [5.41, 5.74) is -1.97. The summed E-state index contributed by atoms with van der Waals surface area (Å²) in [4.78, 5) is 34.9. The van der Waals surface area contributed by atoms with Crippen LogP contribution in [0.15, 0.2) is 15.7 Å². The Hall–Kier alpha value is -0.214. The van der Waals surface area contributed by atoms with Crippen molar-refractivity contribution in [1.29, 1.82) is 0 Å². The fraction of sp³-hybridized carbons (Fsp3) is 0. The van der Waals surface area contributed by atoms with Gasteiger partial charge in [0, 0.05) is 57.5 Å². The third-order valence-electron chi connectivity index (χ3n) is 0.991. The summed E-state index contributed by atoms with van der Waals surface area (Å²) >= 11 is 0. The van der Waals surface area contributed by atoms with E-state index in [1.807, 2.05) is 9.97 Å². The molecule has 1 radical (unpaired) electrons. The molecular weight excluding hydrogens is 191 g/mol. The van der Waals surface area contributed by atoms with E-state index < -0.39 is 22.9 Å². The second kappa shape index (κ2) is 4.72. The van der Waals surface area contributed by atoms with Gasteiger partial charge in [-0.2, -0.15) is 0 Å². The van der Waals surface area contributed by atoms with E-state index in [4.69, 9.17) is 5.11 Å². The van der Waals surface area contributed by atoms with E-state index in [1.54, 1.807) is 0 Å². The average Bonchev–Trinajstić information content (AvgIpc) is 1.85. The van der Waals surface area contributed by atoms with Crippen LogP contribution < -0.4 is 11.2 Å². The molecule has 0 aliphatic heterocycles. The van der Waals surface area contributed by atoms with E-state index in [0.717, 1.165) is 6.07 Å². The molecule has 1 aromatic rings. The molecule has 0 spiro atoms. The first kappa shape index (κ1) is 11.8. The number of hydrogen-bond acceptors (Lipinski definition) is 3. The van der Waals surface area contributed by atoms with Gasteiger partial charge in [-0.15, -0.1) is 0 Å². The van der Waals surface area contributed by atoms with Crippen LogP contribution in [0.25, 0.3) is 0 Å². The van der Waals surface area contributed by atoms with Crippen molar-refractivity contribution in [2.45, 2.75) is 0 Å². The number of nitrogens with one attached hydrogen (secondary N) is 2. The van der Waals surface area contributed by atoms with E-state index in [0.29, 0.717) is 0 Å². The van der Waals surface area contributed by atoms with Gasteiger partial charge in [-0.1, -0.05) is 0 Å². The topological polar surface area (TPSA) is 103 Å². The number of hydrogen-bond donors (Lipinski definition) is 3. The number of aromatic nitrogens is 2. The van der Waals surface area contributed by atoms with E-state index >= 15 is 0 Å². The zero-order valence-corrected chi connectivity index (χ0v) is 9.37.